The Hall–Kier alpha value is -1.62. The maximum atomic E-state index is 8.74. The Morgan fingerprint density at radius 1 is 1.00 bits per heavy atom. The Labute approximate surface area is 101 Å². The predicted octanol–water partition coefficient (Wildman–Crippen LogP) is 1.51. The molecule has 0 spiro atoms. The normalized spacial score (nSPS) is 9.88. The van der Waals surface area contributed by atoms with Gasteiger partial charge < -0.3 is 24.6 Å². The van der Waals surface area contributed by atoms with Crippen LogP contribution < -0.4 is 19.5 Å². The summed E-state index contributed by atoms with van der Waals surface area (Å²) in [6.07, 6.45) is 0.678. The number of ether oxygens (including phenoxy) is 3. The Balaban J connectivity index is 2.93. The van der Waals surface area contributed by atoms with E-state index < -0.39 is 0 Å². The van der Waals surface area contributed by atoms with Gasteiger partial charge in [-0.3, -0.25) is 0 Å². The van der Waals surface area contributed by atoms with E-state index in [0.717, 1.165) is 5.69 Å². The third-order valence-electron chi connectivity index (χ3n) is 2.36. The van der Waals surface area contributed by atoms with Crippen molar-refractivity contribution in [3.8, 4) is 17.2 Å². The molecule has 0 unspecified atom stereocenters. The van der Waals surface area contributed by atoms with E-state index in [0.29, 0.717) is 30.2 Å². The van der Waals surface area contributed by atoms with Crippen LogP contribution in [0, 0.1) is 0 Å². The number of benzene rings is 1. The number of rotatable bonds is 7. The molecule has 0 saturated heterocycles. The highest BCUT2D eigenvalue weighted by Gasteiger charge is 2.11. The first-order chi connectivity index (χ1) is 8.26. The Bertz CT molecular complexity index is 355. The van der Waals surface area contributed by atoms with Gasteiger partial charge in [0.2, 0.25) is 0 Å². The van der Waals surface area contributed by atoms with Crippen molar-refractivity contribution in [2.45, 2.75) is 6.42 Å². The van der Waals surface area contributed by atoms with E-state index in [4.69, 9.17) is 19.3 Å². The lowest BCUT2D eigenvalue weighted by Gasteiger charge is -2.15. The minimum atomic E-state index is 0.155. The molecule has 0 bridgehead atoms. The van der Waals surface area contributed by atoms with E-state index >= 15 is 0 Å². The van der Waals surface area contributed by atoms with Gasteiger partial charge in [0.05, 0.1) is 27.0 Å². The number of anilines is 1. The Morgan fingerprint density at radius 2 is 1.59 bits per heavy atom. The summed E-state index contributed by atoms with van der Waals surface area (Å²) in [5, 5.41) is 11.9. The second-order valence-electron chi connectivity index (χ2n) is 3.41. The van der Waals surface area contributed by atoms with E-state index in [1.165, 1.54) is 0 Å². The molecular weight excluding hydrogens is 222 g/mol. The molecule has 5 heteroatoms. The summed E-state index contributed by atoms with van der Waals surface area (Å²) in [6.45, 7) is 0.824. The number of nitrogens with one attached hydrogen (secondary N) is 1. The maximum Gasteiger partial charge on any atom is 0.164 e. The first kappa shape index (κ1) is 13.4. The molecule has 2 N–H and O–H groups in total. The summed E-state index contributed by atoms with van der Waals surface area (Å²) in [4.78, 5) is 0. The van der Waals surface area contributed by atoms with Crippen molar-refractivity contribution in [2.75, 3.05) is 39.8 Å². The summed E-state index contributed by atoms with van der Waals surface area (Å²) in [5.41, 5.74) is 0.818. The zero-order valence-electron chi connectivity index (χ0n) is 10.4. The monoisotopic (exact) mass is 241 g/mol. The van der Waals surface area contributed by atoms with Crippen molar-refractivity contribution in [3.63, 3.8) is 0 Å². The van der Waals surface area contributed by atoms with Gasteiger partial charge in [0, 0.05) is 25.3 Å². The van der Waals surface area contributed by atoms with Crippen LogP contribution in [0.15, 0.2) is 12.1 Å². The lowest BCUT2D eigenvalue weighted by Crippen LogP contribution is -2.05. The fourth-order valence-corrected chi connectivity index (χ4v) is 1.47. The number of aliphatic hydroxyl groups is 1. The van der Waals surface area contributed by atoms with Gasteiger partial charge in [-0.1, -0.05) is 0 Å². The molecule has 0 radical (unpaired) electrons. The first-order valence-corrected chi connectivity index (χ1v) is 5.41. The minimum absolute atomic E-state index is 0.155. The van der Waals surface area contributed by atoms with Gasteiger partial charge in [0.1, 0.15) is 5.75 Å². The highest BCUT2D eigenvalue weighted by Crippen LogP contribution is 2.37. The molecule has 1 aromatic carbocycles. The van der Waals surface area contributed by atoms with E-state index in [1.807, 2.05) is 6.07 Å². The van der Waals surface area contributed by atoms with E-state index in [9.17, 15) is 0 Å². The molecule has 0 aromatic heterocycles. The summed E-state index contributed by atoms with van der Waals surface area (Å²) in [7, 11) is 4.76. The van der Waals surface area contributed by atoms with Crippen molar-refractivity contribution >= 4 is 5.69 Å². The van der Waals surface area contributed by atoms with Crippen LogP contribution in [-0.2, 0) is 0 Å². The first-order valence-electron chi connectivity index (χ1n) is 5.41. The Kier molecular flexibility index (Phi) is 5.42. The summed E-state index contributed by atoms with van der Waals surface area (Å²) in [6, 6.07) is 3.58. The maximum absolute atomic E-state index is 8.74. The summed E-state index contributed by atoms with van der Waals surface area (Å²) < 4.78 is 15.7. The number of aliphatic hydroxyl groups excluding tert-OH is 1. The second-order valence-corrected chi connectivity index (χ2v) is 3.41. The van der Waals surface area contributed by atoms with Crippen molar-refractivity contribution in [3.05, 3.63) is 12.1 Å². The average molecular weight is 241 g/mol. The van der Waals surface area contributed by atoms with Crippen molar-refractivity contribution < 1.29 is 19.3 Å². The van der Waals surface area contributed by atoms with Gasteiger partial charge in [0.15, 0.2) is 11.5 Å². The topological polar surface area (TPSA) is 60.0 Å². The van der Waals surface area contributed by atoms with Gasteiger partial charge in [0.25, 0.3) is 0 Å². The van der Waals surface area contributed by atoms with Crippen LogP contribution in [0.1, 0.15) is 6.42 Å². The molecule has 0 heterocycles. The van der Waals surface area contributed by atoms with Crippen LogP contribution in [0.25, 0.3) is 0 Å². The third-order valence-corrected chi connectivity index (χ3v) is 2.36. The fourth-order valence-electron chi connectivity index (χ4n) is 1.47. The lowest BCUT2D eigenvalue weighted by atomic mass is 10.2. The van der Waals surface area contributed by atoms with E-state index in [2.05, 4.69) is 5.32 Å². The largest absolute Gasteiger partial charge is 0.494 e. The van der Waals surface area contributed by atoms with Crippen molar-refractivity contribution in [1.29, 1.82) is 0 Å². The van der Waals surface area contributed by atoms with Gasteiger partial charge in [-0.05, 0) is 6.42 Å². The van der Waals surface area contributed by atoms with E-state index in [1.54, 1.807) is 27.4 Å². The number of hydrogen-bond donors (Lipinski definition) is 2. The second kappa shape index (κ2) is 6.85. The minimum Gasteiger partial charge on any atom is -0.494 e. The number of methoxy groups -OCH3 is 3. The van der Waals surface area contributed by atoms with Crippen molar-refractivity contribution in [1.82, 2.24) is 0 Å². The quantitative estimate of drug-likeness (QED) is 0.708. The zero-order valence-corrected chi connectivity index (χ0v) is 10.4. The molecule has 0 aliphatic carbocycles. The summed E-state index contributed by atoms with van der Waals surface area (Å²) >= 11 is 0. The number of hydrogen-bond acceptors (Lipinski definition) is 5. The van der Waals surface area contributed by atoms with Crippen LogP contribution in [0.5, 0.6) is 17.2 Å². The predicted molar refractivity (Wildman–Crippen MR) is 66.3 cm³/mol. The summed E-state index contributed by atoms with van der Waals surface area (Å²) in [5.74, 6) is 1.94. The highest BCUT2D eigenvalue weighted by molar-refractivity contribution is 5.64. The Morgan fingerprint density at radius 3 is 2.12 bits per heavy atom. The molecule has 0 saturated carbocycles. The molecule has 17 heavy (non-hydrogen) atoms. The average Bonchev–Trinajstić information content (AvgIpc) is 2.38. The van der Waals surface area contributed by atoms with Gasteiger partial charge in [-0.15, -0.1) is 0 Å². The molecule has 0 aliphatic rings. The van der Waals surface area contributed by atoms with Crippen LogP contribution in [0.4, 0.5) is 5.69 Å². The third kappa shape index (κ3) is 3.42. The SMILES string of the molecule is COc1cc(OC)c(OC)cc1NCCCO. The van der Waals surface area contributed by atoms with Crippen LogP contribution in [0.2, 0.25) is 0 Å². The van der Waals surface area contributed by atoms with Gasteiger partial charge in [-0.2, -0.15) is 0 Å². The smallest absolute Gasteiger partial charge is 0.164 e. The van der Waals surface area contributed by atoms with Crippen LogP contribution in [0.3, 0.4) is 0 Å². The molecule has 0 fully saturated rings. The van der Waals surface area contributed by atoms with Crippen molar-refractivity contribution in [2.24, 2.45) is 0 Å². The van der Waals surface area contributed by atoms with Gasteiger partial charge >= 0.3 is 0 Å². The van der Waals surface area contributed by atoms with Crippen LogP contribution in [-0.4, -0.2) is 39.6 Å². The lowest BCUT2D eigenvalue weighted by molar-refractivity contribution is 0.292. The molecule has 0 amide bonds. The molecule has 0 atom stereocenters. The highest BCUT2D eigenvalue weighted by atomic mass is 16.5. The standard InChI is InChI=1S/C12H19NO4/c1-15-10-8-12(17-3)11(16-2)7-9(10)13-5-4-6-14/h7-8,13-14H,4-6H2,1-3H3. The molecule has 1 aromatic rings. The van der Waals surface area contributed by atoms with Crippen LogP contribution >= 0.6 is 0 Å². The molecule has 96 valence electrons. The molecule has 1 rings (SSSR count). The van der Waals surface area contributed by atoms with E-state index in [-0.39, 0.29) is 6.61 Å². The van der Waals surface area contributed by atoms with Gasteiger partial charge in [-0.25, -0.2) is 0 Å². The molecule has 5 nitrogen and oxygen atoms in total. The molecule has 0 aliphatic heterocycles. The fraction of sp³-hybridized carbons (Fsp3) is 0.500. The molecular formula is C12H19NO4. The zero-order chi connectivity index (χ0) is 12.7.